The zero-order valence-electron chi connectivity index (χ0n) is 12.2. The molecule has 1 fully saturated rings. The lowest BCUT2D eigenvalue weighted by Crippen LogP contribution is -2.43. The largest absolute Gasteiger partial charge is 0.349 e. The van der Waals surface area contributed by atoms with Gasteiger partial charge in [-0.3, -0.25) is 9.48 Å². The number of aryl methyl sites for hydroxylation is 2. The Morgan fingerprint density at radius 1 is 1.63 bits per heavy atom. The van der Waals surface area contributed by atoms with Gasteiger partial charge in [0.15, 0.2) is 0 Å². The molecule has 1 aliphatic rings. The van der Waals surface area contributed by atoms with E-state index in [0.29, 0.717) is 6.04 Å². The Labute approximate surface area is 114 Å². The van der Waals surface area contributed by atoms with Crippen LogP contribution in [0.25, 0.3) is 0 Å². The first-order valence-electron chi connectivity index (χ1n) is 7.01. The van der Waals surface area contributed by atoms with Crippen molar-refractivity contribution in [2.45, 2.75) is 45.7 Å². The van der Waals surface area contributed by atoms with Gasteiger partial charge in [0.25, 0.3) is 0 Å². The Morgan fingerprint density at radius 3 is 2.95 bits per heavy atom. The molecule has 0 radical (unpaired) electrons. The van der Waals surface area contributed by atoms with Gasteiger partial charge in [-0.2, -0.15) is 5.10 Å². The maximum absolute atomic E-state index is 12.3. The van der Waals surface area contributed by atoms with E-state index >= 15 is 0 Å². The number of amides is 1. The van der Waals surface area contributed by atoms with Crippen LogP contribution in [0.1, 0.15) is 44.0 Å². The third-order valence-corrected chi connectivity index (χ3v) is 3.87. The zero-order valence-corrected chi connectivity index (χ0v) is 12.2. The number of rotatable bonds is 3. The first kappa shape index (κ1) is 14.1. The molecule has 0 aromatic carbocycles. The van der Waals surface area contributed by atoms with Crippen molar-refractivity contribution >= 4 is 5.91 Å². The highest BCUT2D eigenvalue weighted by molar-refractivity contribution is 5.79. The van der Waals surface area contributed by atoms with Crippen molar-refractivity contribution in [2.75, 3.05) is 6.54 Å². The van der Waals surface area contributed by atoms with Gasteiger partial charge in [-0.15, -0.1) is 0 Å². The minimum absolute atomic E-state index is 0.0198. The quantitative estimate of drug-likeness (QED) is 0.865. The lowest BCUT2D eigenvalue weighted by Gasteiger charge is -2.28. The van der Waals surface area contributed by atoms with E-state index in [2.05, 4.69) is 22.7 Å². The number of hydrogen-bond acceptors (Lipinski definition) is 3. The van der Waals surface area contributed by atoms with Gasteiger partial charge < -0.3 is 10.6 Å². The normalized spacial score (nSPS) is 25.1. The lowest BCUT2D eigenvalue weighted by molar-refractivity contribution is -0.126. The van der Waals surface area contributed by atoms with Crippen molar-refractivity contribution < 1.29 is 4.79 Å². The van der Waals surface area contributed by atoms with Crippen molar-refractivity contribution in [3.8, 4) is 0 Å². The number of carbonyl (C=O) groups excluding carboxylic acids is 1. The third kappa shape index (κ3) is 3.35. The predicted octanol–water partition coefficient (Wildman–Crippen LogP) is 1.29. The Bertz CT molecular complexity index is 454. The predicted molar refractivity (Wildman–Crippen MR) is 74.7 cm³/mol. The number of nitrogens with one attached hydrogen (secondary N) is 2. The summed E-state index contributed by atoms with van der Waals surface area (Å²) in [4.78, 5) is 12.3. The number of piperidine rings is 1. The molecule has 1 aliphatic heterocycles. The summed E-state index contributed by atoms with van der Waals surface area (Å²) in [5.74, 6) is 0.305. The van der Waals surface area contributed by atoms with Gasteiger partial charge in [0.1, 0.15) is 0 Å². The van der Waals surface area contributed by atoms with E-state index in [1.54, 1.807) is 4.68 Å². The summed E-state index contributed by atoms with van der Waals surface area (Å²) in [6.45, 7) is 7.06. The summed E-state index contributed by atoms with van der Waals surface area (Å²) in [5.41, 5.74) is 2.08. The van der Waals surface area contributed by atoms with Crippen LogP contribution >= 0.6 is 0 Å². The van der Waals surface area contributed by atoms with E-state index in [-0.39, 0.29) is 17.9 Å². The van der Waals surface area contributed by atoms with Crippen LogP contribution in [0.2, 0.25) is 0 Å². The molecule has 19 heavy (non-hydrogen) atoms. The van der Waals surface area contributed by atoms with Crippen LogP contribution in [-0.4, -0.2) is 28.3 Å². The van der Waals surface area contributed by atoms with Crippen LogP contribution in [0, 0.1) is 12.8 Å². The van der Waals surface area contributed by atoms with Crippen molar-refractivity contribution in [3.63, 3.8) is 0 Å². The van der Waals surface area contributed by atoms with Crippen LogP contribution in [-0.2, 0) is 11.8 Å². The van der Waals surface area contributed by atoms with Crippen LogP contribution in [0.15, 0.2) is 6.20 Å². The highest BCUT2D eigenvalue weighted by atomic mass is 16.1. The van der Waals surface area contributed by atoms with Gasteiger partial charge in [-0.25, -0.2) is 0 Å². The molecular weight excluding hydrogens is 240 g/mol. The molecule has 5 nitrogen and oxygen atoms in total. The van der Waals surface area contributed by atoms with Gasteiger partial charge in [0, 0.05) is 30.8 Å². The van der Waals surface area contributed by atoms with Gasteiger partial charge in [0.05, 0.1) is 11.7 Å². The molecule has 106 valence electrons. The van der Waals surface area contributed by atoms with Gasteiger partial charge in [0.2, 0.25) is 5.91 Å². The Hall–Kier alpha value is -1.36. The number of nitrogens with zero attached hydrogens (tertiary/aromatic N) is 2. The number of carbonyl (C=O) groups is 1. The summed E-state index contributed by atoms with van der Waals surface area (Å²) in [6.07, 6.45) is 3.82. The monoisotopic (exact) mass is 264 g/mol. The molecule has 1 saturated heterocycles. The standard InChI is InChI=1S/C14H24N4O/c1-9-7-12(5-6-15-9)14(19)16-10(2)13-8-18(4)17-11(13)3/h8-10,12,15H,5-7H2,1-4H3,(H,16,19)/t9-,10?,12-/m0/s1. The number of aromatic nitrogens is 2. The maximum Gasteiger partial charge on any atom is 0.223 e. The van der Waals surface area contributed by atoms with Gasteiger partial charge in [-0.1, -0.05) is 0 Å². The molecule has 2 rings (SSSR count). The first-order chi connectivity index (χ1) is 8.97. The smallest absolute Gasteiger partial charge is 0.223 e. The molecule has 2 heterocycles. The summed E-state index contributed by atoms with van der Waals surface area (Å²) in [5, 5.41) is 10.8. The highest BCUT2D eigenvalue weighted by Gasteiger charge is 2.26. The first-order valence-corrected chi connectivity index (χ1v) is 7.01. The SMILES string of the molecule is Cc1nn(C)cc1C(C)NC(=O)[C@H]1CCN[C@@H](C)C1. The molecule has 5 heteroatoms. The van der Waals surface area contributed by atoms with Gasteiger partial charge in [-0.05, 0) is 40.2 Å². The molecule has 1 aromatic rings. The molecule has 0 spiro atoms. The van der Waals surface area contributed by atoms with Crippen LogP contribution in [0.4, 0.5) is 0 Å². The molecular formula is C14H24N4O. The van der Waals surface area contributed by atoms with Gasteiger partial charge >= 0.3 is 0 Å². The second-order valence-electron chi connectivity index (χ2n) is 5.65. The molecule has 1 aromatic heterocycles. The van der Waals surface area contributed by atoms with E-state index in [1.807, 2.05) is 27.1 Å². The van der Waals surface area contributed by atoms with Crippen molar-refractivity contribution in [1.29, 1.82) is 0 Å². The van der Waals surface area contributed by atoms with E-state index < -0.39 is 0 Å². The second-order valence-corrected chi connectivity index (χ2v) is 5.65. The topological polar surface area (TPSA) is 59.0 Å². The zero-order chi connectivity index (χ0) is 14.0. The third-order valence-electron chi connectivity index (χ3n) is 3.87. The summed E-state index contributed by atoms with van der Waals surface area (Å²) < 4.78 is 1.79. The average molecular weight is 264 g/mol. The van der Waals surface area contributed by atoms with Crippen LogP contribution in [0.3, 0.4) is 0 Å². The van der Waals surface area contributed by atoms with Crippen LogP contribution in [0.5, 0.6) is 0 Å². The van der Waals surface area contributed by atoms with E-state index in [1.165, 1.54) is 0 Å². The molecule has 3 atom stereocenters. The highest BCUT2D eigenvalue weighted by Crippen LogP contribution is 2.20. The van der Waals surface area contributed by atoms with E-state index in [9.17, 15) is 4.79 Å². The fourth-order valence-electron chi connectivity index (χ4n) is 2.82. The number of hydrogen-bond donors (Lipinski definition) is 2. The molecule has 1 amide bonds. The Morgan fingerprint density at radius 2 is 2.37 bits per heavy atom. The summed E-state index contributed by atoms with van der Waals surface area (Å²) in [7, 11) is 1.90. The maximum atomic E-state index is 12.3. The Balaban J connectivity index is 1.96. The van der Waals surface area contributed by atoms with Crippen molar-refractivity contribution in [2.24, 2.45) is 13.0 Å². The molecule has 0 bridgehead atoms. The van der Waals surface area contributed by atoms with E-state index in [4.69, 9.17) is 0 Å². The summed E-state index contributed by atoms with van der Waals surface area (Å²) >= 11 is 0. The van der Waals surface area contributed by atoms with E-state index in [0.717, 1.165) is 30.6 Å². The molecule has 0 saturated carbocycles. The second kappa shape index (κ2) is 5.74. The minimum atomic E-state index is 0.0198. The summed E-state index contributed by atoms with van der Waals surface area (Å²) in [6, 6.07) is 0.450. The fourth-order valence-corrected chi connectivity index (χ4v) is 2.82. The minimum Gasteiger partial charge on any atom is -0.349 e. The Kier molecular flexibility index (Phi) is 4.24. The molecule has 0 aliphatic carbocycles. The molecule has 1 unspecified atom stereocenters. The van der Waals surface area contributed by atoms with Crippen molar-refractivity contribution in [1.82, 2.24) is 20.4 Å². The average Bonchev–Trinajstić information content (AvgIpc) is 2.68. The fraction of sp³-hybridized carbons (Fsp3) is 0.714. The molecule has 2 N–H and O–H groups in total. The van der Waals surface area contributed by atoms with Crippen molar-refractivity contribution in [3.05, 3.63) is 17.5 Å². The lowest BCUT2D eigenvalue weighted by atomic mass is 9.92. The van der Waals surface area contributed by atoms with Crippen LogP contribution < -0.4 is 10.6 Å².